The zero-order chi connectivity index (χ0) is 13.1. The maximum Gasteiger partial charge on any atom is 0.0602 e. The molecule has 3 rings (SSSR count). The summed E-state index contributed by atoms with van der Waals surface area (Å²) in [7, 11) is 0. The Morgan fingerprint density at radius 1 is 1.26 bits per heavy atom. The lowest BCUT2D eigenvalue weighted by atomic mass is 10.1. The van der Waals surface area contributed by atoms with Crippen LogP contribution >= 0.6 is 0 Å². The van der Waals surface area contributed by atoms with Gasteiger partial charge in [0.15, 0.2) is 0 Å². The summed E-state index contributed by atoms with van der Waals surface area (Å²) in [4.78, 5) is 2.46. The van der Waals surface area contributed by atoms with Crippen molar-refractivity contribution >= 4 is 5.69 Å². The Morgan fingerprint density at radius 2 is 2.11 bits per heavy atom. The second-order valence-corrected chi connectivity index (χ2v) is 5.85. The average Bonchev–Trinajstić information content (AvgIpc) is 3.26. The normalized spacial score (nSPS) is 20.8. The van der Waals surface area contributed by atoms with Gasteiger partial charge in [-0.3, -0.25) is 0 Å². The molecule has 2 aliphatic rings. The molecule has 104 valence electrons. The number of nitrogens with zero attached hydrogens (tertiary/aromatic N) is 1. The molecular formula is C16H24N2O. The minimum atomic E-state index is 0.207. The highest BCUT2D eigenvalue weighted by Gasteiger charge is 2.26. The SMILES string of the molecule is OCC(CN1CCCCc2ccccc21)NC1CC1. The molecule has 1 aromatic carbocycles. The molecule has 1 aromatic rings. The molecule has 0 bridgehead atoms. The Hall–Kier alpha value is -1.06. The van der Waals surface area contributed by atoms with Crippen molar-refractivity contribution in [1.29, 1.82) is 0 Å². The molecule has 19 heavy (non-hydrogen) atoms. The first kappa shape index (κ1) is 12.9. The van der Waals surface area contributed by atoms with E-state index in [0.717, 1.165) is 13.1 Å². The van der Waals surface area contributed by atoms with E-state index in [1.165, 1.54) is 43.4 Å². The molecule has 0 amide bonds. The Morgan fingerprint density at radius 3 is 2.89 bits per heavy atom. The van der Waals surface area contributed by atoms with Gasteiger partial charge in [-0.2, -0.15) is 0 Å². The molecule has 1 atom stereocenters. The number of aliphatic hydroxyl groups excluding tert-OH is 1. The molecular weight excluding hydrogens is 236 g/mol. The summed E-state index contributed by atoms with van der Waals surface area (Å²) in [5, 5.41) is 13.1. The lowest BCUT2D eigenvalue weighted by Gasteiger charge is -2.29. The molecule has 1 saturated carbocycles. The minimum Gasteiger partial charge on any atom is -0.395 e. The van der Waals surface area contributed by atoms with Crippen LogP contribution in [-0.4, -0.2) is 36.9 Å². The average molecular weight is 260 g/mol. The Balaban J connectivity index is 1.71. The van der Waals surface area contributed by atoms with Gasteiger partial charge in [-0.05, 0) is 43.7 Å². The highest BCUT2D eigenvalue weighted by molar-refractivity contribution is 5.54. The third-order valence-corrected chi connectivity index (χ3v) is 4.17. The number of fused-ring (bicyclic) bond motifs is 1. The van der Waals surface area contributed by atoms with Crippen LogP contribution in [0, 0.1) is 0 Å². The second-order valence-electron chi connectivity index (χ2n) is 5.85. The van der Waals surface area contributed by atoms with Gasteiger partial charge < -0.3 is 15.3 Å². The van der Waals surface area contributed by atoms with E-state index >= 15 is 0 Å². The van der Waals surface area contributed by atoms with E-state index < -0.39 is 0 Å². The minimum absolute atomic E-state index is 0.207. The van der Waals surface area contributed by atoms with Crippen molar-refractivity contribution < 1.29 is 5.11 Å². The van der Waals surface area contributed by atoms with E-state index in [0.29, 0.717) is 6.04 Å². The number of hydrogen-bond acceptors (Lipinski definition) is 3. The summed E-state index contributed by atoms with van der Waals surface area (Å²) in [6, 6.07) is 9.59. The highest BCUT2D eigenvalue weighted by Crippen LogP contribution is 2.26. The van der Waals surface area contributed by atoms with Crippen molar-refractivity contribution in [3.8, 4) is 0 Å². The van der Waals surface area contributed by atoms with Crippen LogP contribution in [-0.2, 0) is 6.42 Å². The number of aliphatic hydroxyl groups is 1. The van der Waals surface area contributed by atoms with E-state index in [2.05, 4.69) is 34.5 Å². The maximum atomic E-state index is 9.56. The van der Waals surface area contributed by atoms with Gasteiger partial charge in [0.25, 0.3) is 0 Å². The molecule has 3 heteroatoms. The Bertz CT molecular complexity index is 417. The first-order valence-electron chi connectivity index (χ1n) is 7.56. The number of para-hydroxylation sites is 1. The van der Waals surface area contributed by atoms with Crippen LogP contribution in [0.25, 0.3) is 0 Å². The zero-order valence-electron chi connectivity index (χ0n) is 11.5. The predicted molar refractivity (Wildman–Crippen MR) is 78.6 cm³/mol. The molecule has 1 fully saturated rings. The zero-order valence-corrected chi connectivity index (χ0v) is 11.5. The summed E-state index contributed by atoms with van der Waals surface area (Å²) >= 11 is 0. The molecule has 3 nitrogen and oxygen atoms in total. The van der Waals surface area contributed by atoms with E-state index in [9.17, 15) is 5.11 Å². The second kappa shape index (κ2) is 5.93. The Labute approximate surface area is 115 Å². The van der Waals surface area contributed by atoms with Crippen LogP contribution < -0.4 is 10.2 Å². The standard InChI is InChI=1S/C16H24N2O/c19-12-15(17-14-8-9-14)11-18-10-4-3-6-13-5-1-2-7-16(13)18/h1-2,5,7,14-15,17,19H,3-4,6,8-12H2. The molecule has 1 unspecified atom stereocenters. The van der Waals surface area contributed by atoms with Crippen LogP contribution in [0.4, 0.5) is 5.69 Å². The molecule has 0 radical (unpaired) electrons. The number of aryl methyl sites for hydroxylation is 1. The molecule has 1 aliphatic carbocycles. The van der Waals surface area contributed by atoms with Crippen LogP contribution in [0.5, 0.6) is 0 Å². The molecule has 0 saturated heterocycles. The smallest absolute Gasteiger partial charge is 0.0602 e. The maximum absolute atomic E-state index is 9.56. The van der Waals surface area contributed by atoms with Gasteiger partial charge in [0.05, 0.1) is 6.61 Å². The monoisotopic (exact) mass is 260 g/mol. The predicted octanol–water partition coefficient (Wildman–Crippen LogP) is 1.94. The Kier molecular flexibility index (Phi) is 4.04. The lowest BCUT2D eigenvalue weighted by Crippen LogP contribution is -2.44. The van der Waals surface area contributed by atoms with Gasteiger partial charge in [-0.1, -0.05) is 18.2 Å². The third-order valence-electron chi connectivity index (χ3n) is 4.17. The van der Waals surface area contributed by atoms with Gasteiger partial charge in [-0.15, -0.1) is 0 Å². The number of anilines is 1. The fraction of sp³-hybridized carbons (Fsp3) is 0.625. The first-order chi connectivity index (χ1) is 9.36. The number of nitrogens with one attached hydrogen (secondary N) is 1. The van der Waals surface area contributed by atoms with Crippen molar-refractivity contribution in [2.45, 2.75) is 44.2 Å². The van der Waals surface area contributed by atoms with Crippen molar-refractivity contribution in [2.24, 2.45) is 0 Å². The molecule has 1 aliphatic heterocycles. The van der Waals surface area contributed by atoms with Gasteiger partial charge in [0, 0.05) is 30.9 Å². The fourth-order valence-electron chi connectivity index (χ4n) is 2.97. The van der Waals surface area contributed by atoms with Crippen molar-refractivity contribution in [2.75, 3.05) is 24.6 Å². The molecule has 1 heterocycles. The molecule has 0 spiro atoms. The summed E-state index contributed by atoms with van der Waals surface area (Å²) in [5.41, 5.74) is 2.83. The van der Waals surface area contributed by atoms with Gasteiger partial charge in [0.1, 0.15) is 0 Å². The molecule has 0 aromatic heterocycles. The van der Waals surface area contributed by atoms with Crippen molar-refractivity contribution in [3.05, 3.63) is 29.8 Å². The third kappa shape index (κ3) is 3.28. The highest BCUT2D eigenvalue weighted by atomic mass is 16.3. The van der Waals surface area contributed by atoms with Crippen LogP contribution in [0.1, 0.15) is 31.2 Å². The van der Waals surface area contributed by atoms with Crippen molar-refractivity contribution in [1.82, 2.24) is 5.32 Å². The molecule has 2 N–H and O–H groups in total. The number of rotatable bonds is 5. The number of benzene rings is 1. The van der Waals surface area contributed by atoms with Gasteiger partial charge >= 0.3 is 0 Å². The summed E-state index contributed by atoms with van der Waals surface area (Å²) in [6.45, 7) is 2.26. The largest absolute Gasteiger partial charge is 0.395 e. The number of hydrogen-bond donors (Lipinski definition) is 2. The lowest BCUT2D eigenvalue weighted by molar-refractivity contribution is 0.242. The van der Waals surface area contributed by atoms with E-state index in [-0.39, 0.29) is 12.6 Å². The summed E-state index contributed by atoms with van der Waals surface area (Å²) < 4.78 is 0. The fourth-order valence-corrected chi connectivity index (χ4v) is 2.97. The quantitative estimate of drug-likeness (QED) is 0.849. The van der Waals surface area contributed by atoms with Crippen LogP contribution in [0.15, 0.2) is 24.3 Å². The van der Waals surface area contributed by atoms with Crippen LogP contribution in [0.3, 0.4) is 0 Å². The van der Waals surface area contributed by atoms with Gasteiger partial charge in [0.2, 0.25) is 0 Å². The topological polar surface area (TPSA) is 35.5 Å². The van der Waals surface area contributed by atoms with Crippen LogP contribution in [0.2, 0.25) is 0 Å². The van der Waals surface area contributed by atoms with E-state index in [1.807, 2.05) is 0 Å². The van der Waals surface area contributed by atoms with Crippen molar-refractivity contribution in [3.63, 3.8) is 0 Å². The van der Waals surface area contributed by atoms with Gasteiger partial charge in [-0.25, -0.2) is 0 Å². The summed E-state index contributed by atoms with van der Waals surface area (Å²) in [6.07, 6.45) is 6.25. The van der Waals surface area contributed by atoms with E-state index in [4.69, 9.17) is 0 Å². The van der Waals surface area contributed by atoms with E-state index in [1.54, 1.807) is 0 Å². The first-order valence-corrected chi connectivity index (χ1v) is 7.56. The summed E-state index contributed by atoms with van der Waals surface area (Å²) in [5.74, 6) is 0.